The number of nitrogens with one attached hydrogen (secondary N) is 1. The van der Waals surface area contributed by atoms with Gasteiger partial charge in [-0.1, -0.05) is 0 Å². The average molecular weight is 259 g/mol. The maximum absolute atomic E-state index is 12.7. The van der Waals surface area contributed by atoms with Gasteiger partial charge in [0, 0.05) is 38.4 Å². The molecule has 1 aromatic rings. The first-order valence-electron chi connectivity index (χ1n) is 5.88. The van der Waals surface area contributed by atoms with E-state index in [0.717, 1.165) is 37.9 Å². The van der Waals surface area contributed by atoms with Crippen LogP contribution in [-0.2, 0) is 12.7 Å². The molecular weight excluding hydrogens is 243 g/mol. The first-order chi connectivity index (χ1) is 8.52. The molecule has 0 spiro atoms. The highest BCUT2D eigenvalue weighted by atomic mass is 19.4. The third-order valence-electron chi connectivity index (χ3n) is 3.10. The molecule has 0 saturated carbocycles. The smallest absolute Gasteiger partial charge is 0.369 e. The monoisotopic (exact) mass is 259 g/mol. The lowest BCUT2D eigenvalue weighted by atomic mass is 10.1. The van der Waals surface area contributed by atoms with Gasteiger partial charge in [0.2, 0.25) is 0 Å². The lowest BCUT2D eigenvalue weighted by Crippen LogP contribution is -2.43. The summed E-state index contributed by atoms with van der Waals surface area (Å²) in [4.78, 5) is 2.07. The Morgan fingerprint density at radius 1 is 1.22 bits per heavy atom. The summed E-state index contributed by atoms with van der Waals surface area (Å²) in [5, 5.41) is 3.20. The quantitative estimate of drug-likeness (QED) is 0.847. The second-order valence-electron chi connectivity index (χ2n) is 4.28. The highest BCUT2D eigenvalue weighted by Crippen LogP contribution is 2.33. The molecule has 0 amide bonds. The van der Waals surface area contributed by atoms with E-state index < -0.39 is 11.7 Å². The minimum atomic E-state index is -4.34. The number of piperazine rings is 1. The molecule has 1 saturated heterocycles. The second-order valence-corrected chi connectivity index (χ2v) is 4.28. The van der Waals surface area contributed by atoms with Crippen LogP contribution in [0.3, 0.4) is 0 Å². The molecule has 1 aliphatic heterocycles. The van der Waals surface area contributed by atoms with Gasteiger partial charge in [0.25, 0.3) is 0 Å². The summed E-state index contributed by atoms with van der Waals surface area (Å²) < 4.78 is 38.2. The van der Waals surface area contributed by atoms with Gasteiger partial charge in [-0.3, -0.25) is 0 Å². The molecule has 0 atom stereocenters. The van der Waals surface area contributed by atoms with E-state index in [2.05, 4.69) is 10.2 Å². The van der Waals surface area contributed by atoms with Gasteiger partial charge in [-0.2, -0.15) is 13.2 Å². The maximum Gasteiger partial charge on any atom is 0.416 e. The van der Waals surface area contributed by atoms with E-state index in [1.54, 1.807) is 6.07 Å². The third-order valence-corrected chi connectivity index (χ3v) is 3.10. The summed E-state index contributed by atoms with van der Waals surface area (Å²) in [6, 6.07) is 4.20. The molecule has 1 aliphatic rings. The molecule has 100 valence electrons. The van der Waals surface area contributed by atoms with Crippen molar-refractivity contribution in [2.75, 3.05) is 31.1 Å². The second kappa shape index (κ2) is 5.16. The van der Waals surface area contributed by atoms with E-state index in [9.17, 15) is 13.2 Å². The minimum absolute atomic E-state index is 0.102. The highest BCUT2D eigenvalue weighted by Gasteiger charge is 2.33. The molecule has 1 heterocycles. The van der Waals surface area contributed by atoms with Crippen molar-refractivity contribution in [1.29, 1.82) is 0 Å². The number of hydrogen-bond acceptors (Lipinski definition) is 3. The van der Waals surface area contributed by atoms with Crippen LogP contribution in [0.2, 0.25) is 0 Å². The predicted molar refractivity (Wildman–Crippen MR) is 64.4 cm³/mol. The fourth-order valence-corrected chi connectivity index (χ4v) is 2.15. The Kier molecular flexibility index (Phi) is 3.77. The Morgan fingerprint density at radius 3 is 2.44 bits per heavy atom. The number of nitrogens with zero attached hydrogens (tertiary/aromatic N) is 1. The molecule has 1 aromatic carbocycles. The summed E-state index contributed by atoms with van der Waals surface area (Å²) in [5.41, 5.74) is 5.74. The highest BCUT2D eigenvalue weighted by molar-refractivity contribution is 5.52. The predicted octanol–water partition coefficient (Wildman–Crippen LogP) is 1.57. The normalized spacial score (nSPS) is 17.0. The van der Waals surface area contributed by atoms with Crippen molar-refractivity contribution in [2.45, 2.75) is 12.7 Å². The van der Waals surface area contributed by atoms with Crippen molar-refractivity contribution in [3.8, 4) is 0 Å². The molecule has 0 radical (unpaired) electrons. The first kappa shape index (κ1) is 13.2. The van der Waals surface area contributed by atoms with Crippen molar-refractivity contribution < 1.29 is 13.2 Å². The van der Waals surface area contributed by atoms with Crippen LogP contribution in [0, 0.1) is 0 Å². The molecule has 0 unspecified atom stereocenters. The van der Waals surface area contributed by atoms with E-state index in [0.29, 0.717) is 0 Å². The number of halogens is 3. The largest absolute Gasteiger partial charge is 0.416 e. The van der Waals surface area contributed by atoms with E-state index in [1.807, 2.05) is 0 Å². The van der Waals surface area contributed by atoms with Crippen LogP contribution in [0.15, 0.2) is 18.2 Å². The summed E-state index contributed by atoms with van der Waals surface area (Å²) in [6.45, 7) is 3.19. The first-order valence-corrected chi connectivity index (χ1v) is 5.88. The fourth-order valence-electron chi connectivity index (χ4n) is 2.15. The van der Waals surface area contributed by atoms with Gasteiger partial charge >= 0.3 is 6.18 Å². The maximum atomic E-state index is 12.7. The van der Waals surface area contributed by atoms with Crippen LogP contribution in [0.25, 0.3) is 0 Å². The van der Waals surface area contributed by atoms with E-state index in [1.165, 1.54) is 6.07 Å². The molecule has 0 bridgehead atoms. The Morgan fingerprint density at radius 2 is 1.89 bits per heavy atom. The number of benzene rings is 1. The van der Waals surface area contributed by atoms with Crippen molar-refractivity contribution in [2.24, 2.45) is 5.73 Å². The minimum Gasteiger partial charge on any atom is -0.369 e. The standard InChI is InChI=1S/C12H16F3N3/c13-12(14,15)11-2-1-10(7-9(11)8-16)18-5-3-17-4-6-18/h1-2,7,17H,3-6,8,16H2. The summed E-state index contributed by atoms with van der Waals surface area (Å²) in [5.74, 6) is 0. The van der Waals surface area contributed by atoms with Crippen molar-refractivity contribution in [1.82, 2.24) is 5.32 Å². The topological polar surface area (TPSA) is 41.3 Å². The van der Waals surface area contributed by atoms with E-state index in [4.69, 9.17) is 5.73 Å². The van der Waals surface area contributed by atoms with E-state index >= 15 is 0 Å². The molecule has 3 N–H and O–H groups in total. The van der Waals surface area contributed by atoms with Crippen molar-refractivity contribution in [3.05, 3.63) is 29.3 Å². The Balaban J connectivity index is 2.29. The van der Waals surface area contributed by atoms with E-state index in [-0.39, 0.29) is 12.1 Å². The van der Waals surface area contributed by atoms with Gasteiger partial charge in [0.05, 0.1) is 5.56 Å². The lowest BCUT2D eigenvalue weighted by molar-refractivity contribution is -0.138. The Hall–Kier alpha value is -1.27. The zero-order valence-corrected chi connectivity index (χ0v) is 9.93. The van der Waals surface area contributed by atoms with Crippen LogP contribution >= 0.6 is 0 Å². The van der Waals surface area contributed by atoms with Crippen LogP contribution in [-0.4, -0.2) is 26.2 Å². The molecule has 0 aromatic heterocycles. The number of rotatable bonds is 2. The summed E-state index contributed by atoms with van der Waals surface area (Å²) in [6.07, 6.45) is -4.34. The molecule has 18 heavy (non-hydrogen) atoms. The Labute approximate surface area is 104 Å². The molecule has 6 heteroatoms. The van der Waals surface area contributed by atoms with Gasteiger partial charge < -0.3 is 16.0 Å². The van der Waals surface area contributed by atoms with Crippen molar-refractivity contribution >= 4 is 5.69 Å². The summed E-state index contributed by atoms with van der Waals surface area (Å²) in [7, 11) is 0. The summed E-state index contributed by atoms with van der Waals surface area (Å²) >= 11 is 0. The van der Waals surface area contributed by atoms with Gasteiger partial charge in [-0.15, -0.1) is 0 Å². The third kappa shape index (κ3) is 2.76. The zero-order chi connectivity index (χ0) is 13.2. The van der Waals surface area contributed by atoms with Crippen LogP contribution < -0.4 is 16.0 Å². The van der Waals surface area contributed by atoms with Crippen LogP contribution in [0.1, 0.15) is 11.1 Å². The molecule has 2 rings (SSSR count). The van der Waals surface area contributed by atoms with Crippen molar-refractivity contribution in [3.63, 3.8) is 0 Å². The molecule has 3 nitrogen and oxygen atoms in total. The SMILES string of the molecule is NCc1cc(N2CCNCC2)ccc1C(F)(F)F. The average Bonchev–Trinajstić information content (AvgIpc) is 2.38. The lowest BCUT2D eigenvalue weighted by Gasteiger charge is -2.30. The van der Waals surface area contributed by atoms with Gasteiger partial charge in [-0.25, -0.2) is 0 Å². The number of hydrogen-bond donors (Lipinski definition) is 2. The Bertz CT molecular complexity index is 412. The fraction of sp³-hybridized carbons (Fsp3) is 0.500. The zero-order valence-electron chi connectivity index (χ0n) is 9.93. The van der Waals surface area contributed by atoms with Gasteiger partial charge in [-0.05, 0) is 23.8 Å². The van der Waals surface area contributed by atoms with Gasteiger partial charge in [0.1, 0.15) is 0 Å². The molecule has 1 fully saturated rings. The molecule has 0 aliphatic carbocycles. The molecular formula is C12H16F3N3. The number of anilines is 1. The van der Waals surface area contributed by atoms with Gasteiger partial charge in [0.15, 0.2) is 0 Å². The number of alkyl halides is 3. The number of nitrogens with two attached hydrogens (primary N) is 1. The van der Waals surface area contributed by atoms with Crippen LogP contribution in [0.4, 0.5) is 18.9 Å². The van der Waals surface area contributed by atoms with Crippen LogP contribution in [0.5, 0.6) is 0 Å².